The first-order valence-electron chi connectivity index (χ1n) is 7.30. The molecule has 1 aromatic carbocycles. The van der Waals surface area contributed by atoms with Crippen molar-refractivity contribution in [2.75, 3.05) is 37.5 Å². The van der Waals surface area contributed by atoms with E-state index >= 15 is 0 Å². The van der Waals surface area contributed by atoms with Crippen molar-refractivity contribution in [1.29, 1.82) is 0 Å². The summed E-state index contributed by atoms with van der Waals surface area (Å²) in [4.78, 5) is 8.81. The Balaban J connectivity index is 2.15. The number of ether oxygens (including phenoxy) is 2. The minimum Gasteiger partial charge on any atom is -0.492 e. The van der Waals surface area contributed by atoms with Crippen LogP contribution in [-0.4, -0.2) is 36.8 Å². The van der Waals surface area contributed by atoms with Crippen LogP contribution in [0, 0.1) is 6.92 Å². The number of nitrogens with zero attached hydrogens (tertiary/aromatic N) is 2. The molecule has 0 unspecified atom stereocenters. The Hall–Kier alpha value is -2.34. The Labute approximate surface area is 130 Å². The molecule has 0 fully saturated rings. The van der Waals surface area contributed by atoms with Gasteiger partial charge in [0, 0.05) is 25.4 Å². The second kappa shape index (κ2) is 8.19. The van der Waals surface area contributed by atoms with Crippen molar-refractivity contribution in [2.24, 2.45) is 0 Å². The fraction of sp³-hybridized carbons (Fsp3) is 0.375. The molecule has 0 saturated carbocycles. The van der Waals surface area contributed by atoms with Crippen molar-refractivity contribution in [2.45, 2.75) is 13.8 Å². The van der Waals surface area contributed by atoms with Crippen molar-refractivity contribution in [3.8, 4) is 5.75 Å². The van der Waals surface area contributed by atoms with Crippen LogP contribution < -0.4 is 15.4 Å². The van der Waals surface area contributed by atoms with Gasteiger partial charge in [-0.15, -0.1) is 0 Å². The topological polar surface area (TPSA) is 68.3 Å². The van der Waals surface area contributed by atoms with E-state index in [1.807, 2.05) is 44.2 Å². The monoisotopic (exact) mass is 302 g/mol. The Morgan fingerprint density at radius 2 is 2.00 bits per heavy atom. The Kier molecular flexibility index (Phi) is 5.97. The summed E-state index contributed by atoms with van der Waals surface area (Å²) in [5, 5.41) is 6.42. The highest BCUT2D eigenvalue weighted by atomic mass is 16.5. The lowest BCUT2D eigenvalue weighted by Gasteiger charge is -2.13. The molecule has 0 radical (unpaired) electrons. The molecule has 2 aromatic rings. The molecule has 1 aromatic heterocycles. The molecule has 0 aliphatic heterocycles. The van der Waals surface area contributed by atoms with Crippen LogP contribution in [0.3, 0.4) is 0 Å². The number of hydrogen-bond acceptors (Lipinski definition) is 6. The number of hydrogen-bond donors (Lipinski definition) is 2. The summed E-state index contributed by atoms with van der Waals surface area (Å²) >= 11 is 0. The molecule has 6 heteroatoms. The highest BCUT2D eigenvalue weighted by molar-refractivity contribution is 5.64. The summed E-state index contributed by atoms with van der Waals surface area (Å²) in [5.74, 6) is 2.10. The summed E-state index contributed by atoms with van der Waals surface area (Å²) in [7, 11) is 1.66. The second-order valence-corrected chi connectivity index (χ2v) is 4.69. The lowest BCUT2D eigenvalue weighted by Crippen LogP contribution is -2.11. The first-order chi connectivity index (χ1) is 10.7. The summed E-state index contributed by atoms with van der Waals surface area (Å²) in [6.07, 6.45) is 0. The van der Waals surface area contributed by atoms with Gasteiger partial charge in [0.2, 0.25) is 5.95 Å². The van der Waals surface area contributed by atoms with Crippen molar-refractivity contribution in [3.05, 3.63) is 36.0 Å². The van der Waals surface area contributed by atoms with Gasteiger partial charge in [0.25, 0.3) is 0 Å². The Morgan fingerprint density at radius 1 is 1.18 bits per heavy atom. The zero-order chi connectivity index (χ0) is 15.8. The summed E-state index contributed by atoms with van der Waals surface area (Å²) in [6.45, 7) is 5.78. The van der Waals surface area contributed by atoms with Crippen LogP contribution in [0.1, 0.15) is 12.6 Å². The molecule has 2 rings (SSSR count). The first kappa shape index (κ1) is 16.0. The maximum atomic E-state index is 5.61. The van der Waals surface area contributed by atoms with E-state index in [4.69, 9.17) is 9.47 Å². The minimum atomic E-state index is 0.577. The number of aromatic nitrogens is 2. The number of anilines is 3. The predicted octanol–water partition coefficient (Wildman–Crippen LogP) is 2.99. The fourth-order valence-electron chi connectivity index (χ4n) is 1.97. The lowest BCUT2D eigenvalue weighted by molar-refractivity contribution is 0.210. The third kappa shape index (κ3) is 4.60. The molecule has 0 spiro atoms. The molecule has 0 aliphatic rings. The van der Waals surface area contributed by atoms with Crippen molar-refractivity contribution >= 4 is 17.5 Å². The van der Waals surface area contributed by atoms with Crippen LogP contribution in [0.15, 0.2) is 30.3 Å². The molecule has 118 valence electrons. The molecule has 1 heterocycles. The Bertz CT molecular complexity index is 604. The van der Waals surface area contributed by atoms with Crippen LogP contribution in [0.2, 0.25) is 0 Å². The zero-order valence-corrected chi connectivity index (χ0v) is 13.2. The van der Waals surface area contributed by atoms with E-state index in [-0.39, 0.29) is 0 Å². The second-order valence-electron chi connectivity index (χ2n) is 4.69. The van der Waals surface area contributed by atoms with Crippen molar-refractivity contribution in [1.82, 2.24) is 9.97 Å². The van der Waals surface area contributed by atoms with Gasteiger partial charge < -0.3 is 20.1 Å². The van der Waals surface area contributed by atoms with Crippen molar-refractivity contribution < 1.29 is 9.47 Å². The highest BCUT2D eigenvalue weighted by Gasteiger charge is 2.06. The number of benzene rings is 1. The number of para-hydroxylation sites is 2. The van der Waals surface area contributed by atoms with E-state index in [9.17, 15) is 0 Å². The molecule has 0 saturated heterocycles. The molecule has 0 aliphatic carbocycles. The maximum absolute atomic E-state index is 5.61. The zero-order valence-electron chi connectivity index (χ0n) is 13.2. The van der Waals surface area contributed by atoms with E-state index in [1.54, 1.807) is 7.11 Å². The van der Waals surface area contributed by atoms with Gasteiger partial charge in [-0.3, -0.25) is 0 Å². The van der Waals surface area contributed by atoms with Crippen LogP contribution in [0.25, 0.3) is 0 Å². The number of rotatable bonds is 8. The molecular formula is C16H22N4O2. The third-order valence-electron chi connectivity index (χ3n) is 2.89. The van der Waals surface area contributed by atoms with E-state index in [2.05, 4.69) is 20.6 Å². The molecule has 6 nitrogen and oxygen atoms in total. The van der Waals surface area contributed by atoms with Gasteiger partial charge in [0.1, 0.15) is 11.6 Å². The Morgan fingerprint density at radius 3 is 2.77 bits per heavy atom. The molecule has 0 amide bonds. The van der Waals surface area contributed by atoms with Crippen molar-refractivity contribution in [3.63, 3.8) is 0 Å². The SMILES string of the molecule is CCOc1ccccc1Nc1cc(C)nc(NCCOC)n1. The average Bonchev–Trinajstić information content (AvgIpc) is 2.49. The van der Waals surface area contributed by atoms with Gasteiger partial charge in [-0.1, -0.05) is 12.1 Å². The quantitative estimate of drug-likeness (QED) is 0.731. The molecule has 0 bridgehead atoms. The first-order valence-corrected chi connectivity index (χ1v) is 7.30. The summed E-state index contributed by atoms with van der Waals surface area (Å²) in [5.41, 5.74) is 1.76. The fourth-order valence-corrected chi connectivity index (χ4v) is 1.97. The van der Waals surface area contributed by atoms with E-state index in [1.165, 1.54) is 0 Å². The van der Waals surface area contributed by atoms with Gasteiger partial charge in [0.05, 0.1) is 18.9 Å². The molecule has 22 heavy (non-hydrogen) atoms. The van der Waals surface area contributed by atoms with Gasteiger partial charge >= 0.3 is 0 Å². The van der Waals surface area contributed by atoms with E-state index in [0.717, 1.165) is 22.9 Å². The summed E-state index contributed by atoms with van der Waals surface area (Å²) in [6, 6.07) is 9.68. The average molecular weight is 302 g/mol. The number of aryl methyl sites for hydroxylation is 1. The highest BCUT2D eigenvalue weighted by Crippen LogP contribution is 2.27. The summed E-state index contributed by atoms with van der Waals surface area (Å²) < 4.78 is 10.6. The van der Waals surface area contributed by atoms with Gasteiger partial charge in [0.15, 0.2) is 0 Å². The maximum Gasteiger partial charge on any atom is 0.224 e. The molecule has 2 N–H and O–H groups in total. The van der Waals surface area contributed by atoms with E-state index in [0.29, 0.717) is 25.7 Å². The smallest absolute Gasteiger partial charge is 0.224 e. The minimum absolute atomic E-state index is 0.577. The number of nitrogens with one attached hydrogen (secondary N) is 2. The van der Waals surface area contributed by atoms with Gasteiger partial charge in [-0.25, -0.2) is 4.98 Å². The number of methoxy groups -OCH3 is 1. The van der Waals surface area contributed by atoms with Gasteiger partial charge in [-0.05, 0) is 26.0 Å². The molecular weight excluding hydrogens is 280 g/mol. The lowest BCUT2D eigenvalue weighted by atomic mass is 10.3. The normalized spacial score (nSPS) is 10.3. The van der Waals surface area contributed by atoms with Crippen LogP contribution in [0.4, 0.5) is 17.5 Å². The molecule has 0 atom stereocenters. The van der Waals surface area contributed by atoms with Gasteiger partial charge in [-0.2, -0.15) is 4.98 Å². The third-order valence-corrected chi connectivity index (χ3v) is 2.89. The van der Waals surface area contributed by atoms with Crippen LogP contribution in [-0.2, 0) is 4.74 Å². The van der Waals surface area contributed by atoms with Crippen LogP contribution in [0.5, 0.6) is 5.75 Å². The predicted molar refractivity (Wildman–Crippen MR) is 88.0 cm³/mol. The standard InChI is InChI=1S/C16H22N4O2/c1-4-22-14-8-6-5-7-13(14)19-15-11-12(2)18-16(20-15)17-9-10-21-3/h5-8,11H,4,9-10H2,1-3H3,(H2,17,18,19,20). The van der Waals surface area contributed by atoms with E-state index < -0.39 is 0 Å². The largest absolute Gasteiger partial charge is 0.492 e. The van der Waals surface area contributed by atoms with Crippen LogP contribution >= 0.6 is 0 Å².